The Morgan fingerprint density at radius 3 is 2.33 bits per heavy atom. The summed E-state index contributed by atoms with van der Waals surface area (Å²) in [5.41, 5.74) is 4.72. The minimum atomic E-state index is -0.580. The van der Waals surface area contributed by atoms with E-state index < -0.39 is 10.8 Å². The van der Waals surface area contributed by atoms with Gasteiger partial charge in [0.05, 0.1) is 11.1 Å². The van der Waals surface area contributed by atoms with Crippen LogP contribution in [0.3, 0.4) is 0 Å². The molecule has 7 heteroatoms. The molecule has 27 heavy (non-hydrogen) atoms. The number of nitro benzene ring substituents is 1. The number of nitrogens with zero attached hydrogens (tertiary/aromatic N) is 2. The third-order valence-electron chi connectivity index (χ3n) is 3.85. The van der Waals surface area contributed by atoms with Crippen LogP contribution in [0.2, 0.25) is 0 Å². The molecule has 0 radical (unpaired) electrons. The Kier molecular flexibility index (Phi) is 5.22. The summed E-state index contributed by atoms with van der Waals surface area (Å²) in [7, 11) is 0. The smallest absolute Gasteiger partial charge is 0.271 e. The average molecular weight is 361 g/mol. The lowest BCUT2D eigenvalue weighted by atomic mass is 10.0. The van der Waals surface area contributed by atoms with Crippen LogP contribution in [0, 0.1) is 10.1 Å². The van der Waals surface area contributed by atoms with Gasteiger partial charge in [0.1, 0.15) is 5.75 Å². The van der Waals surface area contributed by atoms with Crippen LogP contribution in [0.1, 0.15) is 15.9 Å². The van der Waals surface area contributed by atoms with Crippen molar-refractivity contribution in [1.29, 1.82) is 0 Å². The normalized spacial score (nSPS) is 10.7. The molecule has 0 aliphatic heterocycles. The van der Waals surface area contributed by atoms with Crippen molar-refractivity contribution >= 4 is 17.8 Å². The number of carbonyl (C=O) groups excluding carboxylic acids is 1. The summed E-state index contributed by atoms with van der Waals surface area (Å²) in [5, 5.41) is 24.2. The fraction of sp³-hybridized carbons (Fsp3) is 0. The predicted octanol–water partition coefficient (Wildman–Crippen LogP) is 3.73. The summed E-state index contributed by atoms with van der Waals surface area (Å²) in [6.07, 6.45) is 1.15. The van der Waals surface area contributed by atoms with Crippen molar-refractivity contribution < 1.29 is 14.8 Å². The fourth-order valence-corrected chi connectivity index (χ4v) is 2.43. The quantitative estimate of drug-likeness (QED) is 0.410. The Hall–Kier alpha value is -4.00. The number of non-ortho nitro benzene ring substituents is 1. The number of benzene rings is 3. The molecule has 0 bridgehead atoms. The second-order valence-corrected chi connectivity index (χ2v) is 5.64. The van der Waals surface area contributed by atoms with Crippen molar-refractivity contribution in [3.8, 4) is 16.9 Å². The van der Waals surface area contributed by atoms with Crippen molar-refractivity contribution in [2.75, 3.05) is 0 Å². The SMILES string of the molecule is O=C(N/N=C\c1cc([N+](=O)[O-])ccc1O)c1ccc(-c2ccccc2)cc1. The monoisotopic (exact) mass is 361 g/mol. The molecule has 0 aliphatic rings. The zero-order valence-electron chi connectivity index (χ0n) is 14.1. The molecule has 0 fully saturated rings. The number of nitro groups is 1. The first-order valence-corrected chi connectivity index (χ1v) is 8.01. The van der Waals surface area contributed by atoms with Gasteiger partial charge >= 0.3 is 0 Å². The molecule has 0 unspecified atom stereocenters. The second-order valence-electron chi connectivity index (χ2n) is 5.64. The highest BCUT2D eigenvalue weighted by Crippen LogP contribution is 2.21. The molecular weight excluding hydrogens is 346 g/mol. The molecule has 0 saturated heterocycles. The molecule has 134 valence electrons. The lowest BCUT2D eigenvalue weighted by Gasteiger charge is -2.04. The zero-order valence-corrected chi connectivity index (χ0v) is 14.1. The van der Waals surface area contributed by atoms with Gasteiger partial charge in [-0.3, -0.25) is 14.9 Å². The number of phenols is 1. The Balaban J connectivity index is 1.68. The van der Waals surface area contributed by atoms with Gasteiger partial charge < -0.3 is 5.11 Å². The Labute approximate surface area is 154 Å². The molecule has 3 rings (SSSR count). The second kappa shape index (κ2) is 7.92. The number of aromatic hydroxyl groups is 1. The van der Waals surface area contributed by atoms with Gasteiger partial charge in [0.25, 0.3) is 11.6 Å². The maximum atomic E-state index is 12.1. The molecule has 3 aromatic carbocycles. The van der Waals surface area contributed by atoms with Gasteiger partial charge in [-0.1, -0.05) is 42.5 Å². The largest absolute Gasteiger partial charge is 0.507 e. The maximum Gasteiger partial charge on any atom is 0.271 e. The minimum Gasteiger partial charge on any atom is -0.507 e. The molecule has 2 N–H and O–H groups in total. The van der Waals surface area contributed by atoms with E-state index >= 15 is 0 Å². The van der Waals surface area contributed by atoms with Crippen LogP contribution >= 0.6 is 0 Å². The fourth-order valence-electron chi connectivity index (χ4n) is 2.43. The van der Waals surface area contributed by atoms with E-state index in [4.69, 9.17) is 0 Å². The topological polar surface area (TPSA) is 105 Å². The molecule has 1 amide bonds. The highest BCUT2D eigenvalue weighted by atomic mass is 16.6. The van der Waals surface area contributed by atoms with Gasteiger partial charge in [-0.05, 0) is 29.3 Å². The lowest BCUT2D eigenvalue weighted by molar-refractivity contribution is -0.384. The summed E-state index contributed by atoms with van der Waals surface area (Å²) in [6, 6.07) is 20.3. The predicted molar refractivity (Wildman–Crippen MR) is 102 cm³/mol. The summed E-state index contributed by atoms with van der Waals surface area (Å²) in [4.78, 5) is 22.3. The van der Waals surface area contributed by atoms with Crippen molar-refractivity contribution in [1.82, 2.24) is 5.43 Å². The van der Waals surface area contributed by atoms with Gasteiger partial charge in [-0.2, -0.15) is 5.10 Å². The first kappa shape index (κ1) is 17.8. The zero-order chi connectivity index (χ0) is 19.2. The third-order valence-corrected chi connectivity index (χ3v) is 3.85. The summed E-state index contributed by atoms with van der Waals surface area (Å²) >= 11 is 0. The molecule has 0 atom stereocenters. The Morgan fingerprint density at radius 1 is 1.00 bits per heavy atom. The summed E-state index contributed by atoms with van der Waals surface area (Å²) in [5.74, 6) is -0.610. The van der Waals surface area contributed by atoms with Crippen LogP contribution in [-0.4, -0.2) is 22.2 Å². The number of nitrogens with one attached hydrogen (secondary N) is 1. The molecule has 0 saturated carbocycles. The van der Waals surface area contributed by atoms with E-state index in [0.717, 1.165) is 17.3 Å². The first-order chi connectivity index (χ1) is 13.0. The Bertz CT molecular complexity index is 999. The van der Waals surface area contributed by atoms with E-state index in [1.807, 2.05) is 42.5 Å². The van der Waals surface area contributed by atoms with Gasteiger partial charge in [-0.15, -0.1) is 0 Å². The summed E-state index contributed by atoms with van der Waals surface area (Å²) < 4.78 is 0. The van der Waals surface area contributed by atoms with Crippen LogP contribution in [0.25, 0.3) is 11.1 Å². The van der Waals surface area contributed by atoms with Gasteiger partial charge in [0, 0.05) is 23.3 Å². The molecule has 0 aromatic heterocycles. The van der Waals surface area contributed by atoms with E-state index in [1.165, 1.54) is 18.2 Å². The van der Waals surface area contributed by atoms with Crippen LogP contribution in [0.5, 0.6) is 5.75 Å². The molecule has 3 aromatic rings. The van der Waals surface area contributed by atoms with Crippen LogP contribution < -0.4 is 5.43 Å². The van der Waals surface area contributed by atoms with Crippen molar-refractivity contribution in [2.24, 2.45) is 5.10 Å². The van der Waals surface area contributed by atoms with Crippen molar-refractivity contribution in [2.45, 2.75) is 0 Å². The number of rotatable bonds is 5. The van der Waals surface area contributed by atoms with E-state index in [9.17, 15) is 20.0 Å². The highest BCUT2D eigenvalue weighted by Gasteiger charge is 2.09. The maximum absolute atomic E-state index is 12.1. The molecule has 0 spiro atoms. The minimum absolute atomic E-state index is 0.129. The number of hydrogen-bond acceptors (Lipinski definition) is 5. The average Bonchev–Trinajstić information content (AvgIpc) is 2.70. The number of hydrazone groups is 1. The lowest BCUT2D eigenvalue weighted by Crippen LogP contribution is -2.17. The van der Waals surface area contributed by atoms with Gasteiger partial charge in [0.15, 0.2) is 0 Å². The van der Waals surface area contributed by atoms with Crippen molar-refractivity contribution in [3.63, 3.8) is 0 Å². The standard InChI is InChI=1S/C20H15N3O4/c24-19-11-10-18(23(26)27)12-17(19)13-21-22-20(25)16-8-6-15(7-9-16)14-4-2-1-3-5-14/h1-13,24H,(H,22,25)/b21-13-. The van der Waals surface area contributed by atoms with Gasteiger partial charge in [0.2, 0.25) is 0 Å². The van der Waals surface area contributed by atoms with E-state index in [1.54, 1.807) is 12.1 Å². The highest BCUT2D eigenvalue weighted by molar-refractivity contribution is 5.95. The molecule has 0 heterocycles. The van der Waals surface area contributed by atoms with Crippen LogP contribution in [0.15, 0.2) is 77.9 Å². The van der Waals surface area contributed by atoms with E-state index in [0.29, 0.717) is 5.56 Å². The third kappa shape index (κ3) is 4.35. The van der Waals surface area contributed by atoms with Gasteiger partial charge in [-0.25, -0.2) is 5.43 Å². The van der Waals surface area contributed by atoms with E-state index in [-0.39, 0.29) is 17.0 Å². The number of hydrogen-bond donors (Lipinski definition) is 2. The number of carbonyl (C=O) groups is 1. The van der Waals surface area contributed by atoms with Crippen molar-refractivity contribution in [3.05, 3.63) is 94.0 Å². The van der Waals surface area contributed by atoms with E-state index in [2.05, 4.69) is 10.5 Å². The molecule has 0 aliphatic carbocycles. The Morgan fingerprint density at radius 2 is 1.67 bits per heavy atom. The number of amides is 1. The molecular formula is C20H15N3O4. The molecule has 7 nitrogen and oxygen atoms in total. The first-order valence-electron chi connectivity index (χ1n) is 8.01. The summed E-state index contributed by atoms with van der Waals surface area (Å²) in [6.45, 7) is 0. The number of phenolic OH excluding ortho intramolecular Hbond substituents is 1. The van der Waals surface area contributed by atoms with Crippen LogP contribution in [0.4, 0.5) is 5.69 Å². The van der Waals surface area contributed by atoms with Crippen LogP contribution in [-0.2, 0) is 0 Å².